The van der Waals surface area contributed by atoms with Gasteiger partial charge in [-0.25, -0.2) is 4.98 Å². The third-order valence-electron chi connectivity index (χ3n) is 2.79. The lowest BCUT2D eigenvalue weighted by Gasteiger charge is -2.05. The lowest BCUT2D eigenvalue weighted by molar-refractivity contribution is 0.469. The topological polar surface area (TPSA) is 63.3 Å². The summed E-state index contributed by atoms with van der Waals surface area (Å²) < 4.78 is 6.93. The molecule has 0 spiro atoms. The predicted molar refractivity (Wildman–Crippen MR) is 82.8 cm³/mol. The molecule has 1 aromatic carbocycles. The van der Waals surface area contributed by atoms with Crippen LogP contribution in [0.5, 0.6) is 5.75 Å². The van der Waals surface area contributed by atoms with E-state index in [1.165, 1.54) is 12.3 Å². The van der Waals surface area contributed by atoms with Gasteiger partial charge in [0.1, 0.15) is 11.4 Å². The van der Waals surface area contributed by atoms with Crippen molar-refractivity contribution in [1.82, 2.24) is 4.98 Å². The van der Waals surface area contributed by atoms with Crippen LogP contribution >= 0.6 is 31.9 Å². The van der Waals surface area contributed by atoms with E-state index in [4.69, 9.17) is 4.42 Å². The third kappa shape index (κ3) is 2.25. The number of halogens is 2. The summed E-state index contributed by atoms with van der Waals surface area (Å²) in [5, 5.41) is 9.95. The molecule has 100 valence electrons. The van der Waals surface area contributed by atoms with Gasteiger partial charge < -0.3 is 9.52 Å². The highest BCUT2D eigenvalue weighted by Gasteiger charge is 2.11. The lowest BCUT2D eigenvalue weighted by atomic mass is 10.2. The molecule has 0 amide bonds. The quantitative estimate of drug-likeness (QED) is 0.672. The molecule has 2 aromatic heterocycles. The zero-order valence-electron chi connectivity index (χ0n) is 9.93. The predicted octanol–water partition coefficient (Wildman–Crippen LogP) is 4.09. The molecule has 0 saturated heterocycles. The summed E-state index contributed by atoms with van der Waals surface area (Å²) in [6, 6.07) is 8.26. The highest BCUT2D eigenvalue weighted by molar-refractivity contribution is 9.11. The molecule has 1 N–H and O–H groups in total. The van der Waals surface area contributed by atoms with Crippen LogP contribution in [0.3, 0.4) is 0 Å². The SMILES string of the molecule is O=c1cc(-c2cc(Br)c(O)cn2)oc2c(Br)cccc12. The fourth-order valence-corrected chi connectivity index (χ4v) is 2.59. The van der Waals surface area contributed by atoms with Gasteiger partial charge in [0.05, 0.1) is 20.5 Å². The molecule has 0 aliphatic heterocycles. The zero-order valence-corrected chi connectivity index (χ0v) is 13.1. The number of aromatic hydroxyl groups is 1. The normalized spacial score (nSPS) is 10.9. The van der Waals surface area contributed by atoms with Crippen molar-refractivity contribution < 1.29 is 9.52 Å². The van der Waals surface area contributed by atoms with Crippen LogP contribution in [0.25, 0.3) is 22.4 Å². The standard InChI is InChI=1S/C14H7Br2NO3/c15-8-3-1-2-7-11(18)5-13(20-14(7)8)10-4-9(16)12(19)6-17-10/h1-6,19H. The molecule has 0 aliphatic carbocycles. The summed E-state index contributed by atoms with van der Waals surface area (Å²) in [6.45, 7) is 0. The van der Waals surface area contributed by atoms with Crippen molar-refractivity contribution in [3.8, 4) is 17.2 Å². The van der Waals surface area contributed by atoms with E-state index in [9.17, 15) is 9.90 Å². The number of pyridine rings is 1. The maximum absolute atomic E-state index is 12.1. The van der Waals surface area contributed by atoms with Crippen molar-refractivity contribution in [3.05, 3.63) is 55.7 Å². The molecule has 3 rings (SSSR count). The number of para-hydroxylation sites is 1. The maximum atomic E-state index is 12.1. The Labute approximate surface area is 130 Å². The van der Waals surface area contributed by atoms with Gasteiger partial charge in [-0.2, -0.15) is 0 Å². The Hall–Kier alpha value is -1.66. The van der Waals surface area contributed by atoms with Crippen LogP contribution in [-0.4, -0.2) is 10.1 Å². The Morgan fingerprint density at radius 1 is 1.15 bits per heavy atom. The van der Waals surface area contributed by atoms with E-state index in [0.29, 0.717) is 31.4 Å². The van der Waals surface area contributed by atoms with Gasteiger partial charge in [0.25, 0.3) is 0 Å². The van der Waals surface area contributed by atoms with E-state index in [-0.39, 0.29) is 11.2 Å². The number of hydrogen-bond donors (Lipinski definition) is 1. The highest BCUT2D eigenvalue weighted by atomic mass is 79.9. The maximum Gasteiger partial charge on any atom is 0.193 e. The third-order valence-corrected chi connectivity index (χ3v) is 4.05. The zero-order chi connectivity index (χ0) is 14.3. The van der Waals surface area contributed by atoms with Crippen LogP contribution in [0.2, 0.25) is 0 Å². The average molecular weight is 397 g/mol. The van der Waals surface area contributed by atoms with Crippen LogP contribution in [0.4, 0.5) is 0 Å². The van der Waals surface area contributed by atoms with E-state index in [1.54, 1.807) is 24.3 Å². The number of fused-ring (bicyclic) bond motifs is 1. The minimum Gasteiger partial charge on any atom is -0.505 e. The Morgan fingerprint density at radius 2 is 1.95 bits per heavy atom. The highest BCUT2D eigenvalue weighted by Crippen LogP contribution is 2.30. The minimum absolute atomic E-state index is 0.0260. The molecule has 0 fully saturated rings. The lowest BCUT2D eigenvalue weighted by Crippen LogP contribution is -2.01. The summed E-state index contributed by atoms with van der Waals surface area (Å²) in [6.07, 6.45) is 1.30. The molecule has 2 heterocycles. The van der Waals surface area contributed by atoms with E-state index in [0.717, 1.165) is 0 Å². The monoisotopic (exact) mass is 395 g/mol. The van der Waals surface area contributed by atoms with Crippen LogP contribution < -0.4 is 5.43 Å². The minimum atomic E-state index is -0.145. The van der Waals surface area contributed by atoms with Crippen LogP contribution in [0.1, 0.15) is 0 Å². The smallest absolute Gasteiger partial charge is 0.193 e. The van der Waals surface area contributed by atoms with Crippen molar-refractivity contribution in [3.63, 3.8) is 0 Å². The first kappa shape index (κ1) is 13.3. The number of benzene rings is 1. The van der Waals surface area contributed by atoms with Crippen molar-refractivity contribution >= 4 is 42.8 Å². The molecule has 0 unspecified atom stereocenters. The van der Waals surface area contributed by atoms with Crippen molar-refractivity contribution in [1.29, 1.82) is 0 Å². The number of nitrogens with zero attached hydrogens (tertiary/aromatic N) is 1. The van der Waals surface area contributed by atoms with E-state index < -0.39 is 0 Å². The van der Waals surface area contributed by atoms with Gasteiger partial charge in [-0.05, 0) is 50.1 Å². The molecule has 0 saturated carbocycles. The van der Waals surface area contributed by atoms with Gasteiger partial charge in [0.15, 0.2) is 16.8 Å². The first-order valence-electron chi connectivity index (χ1n) is 5.63. The Balaban J connectivity index is 2.29. The van der Waals surface area contributed by atoms with Gasteiger partial charge in [0.2, 0.25) is 0 Å². The Bertz CT molecular complexity index is 874. The van der Waals surface area contributed by atoms with Gasteiger partial charge in [-0.1, -0.05) is 6.07 Å². The molecule has 20 heavy (non-hydrogen) atoms. The molecule has 0 aliphatic rings. The number of aromatic nitrogens is 1. The van der Waals surface area contributed by atoms with Gasteiger partial charge in [0, 0.05) is 6.07 Å². The van der Waals surface area contributed by atoms with Crippen LogP contribution in [-0.2, 0) is 0 Å². The Morgan fingerprint density at radius 3 is 2.70 bits per heavy atom. The largest absolute Gasteiger partial charge is 0.505 e. The molecule has 3 aromatic rings. The van der Waals surface area contributed by atoms with Crippen molar-refractivity contribution in [2.45, 2.75) is 0 Å². The first-order chi connectivity index (χ1) is 9.56. The number of rotatable bonds is 1. The second-order valence-corrected chi connectivity index (χ2v) is 5.82. The molecule has 0 radical (unpaired) electrons. The van der Waals surface area contributed by atoms with E-state index >= 15 is 0 Å². The van der Waals surface area contributed by atoms with E-state index in [1.807, 2.05) is 0 Å². The van der Waals surface area contributed by atoms with Crippen LogP contribution in [0.15, 0.2) is 54.7 Å². The molecule has 4 nitrogen and oxygen atoms in total. The number of hydrogen-bond acceptors (Lipinski definition) is 4. The summed E-state index contributed by atoms with van der Waals surface area (Å²) in [4.78, 5) is 16.2. The second kappa shape index (κ2) is 5.03. The summed E-state index contributed by atoms with van der Waals surface area (Å²) in [7, 11) is 0. The van der Waals surface area contributed by atoms with E-state index in [2.05, 4.69) is 36.8 Å². The molecular weight excluding hydrogens is 390 g/mol. The van der Waals surface area contributed by atoms with Crippen LogP contribution in [0, 0.1) is 0 Å². The Kier molecular flexibility index (Phi) is 3.35. The fraction of sp³-hybridized carbons (Fsp3) is 0. The molecule has 0 bridgehead atoms. The second-order valence-electron chi connectivity index (χ2n) is 4.11. The van der Waals surface area contributed by atoms with Crippen molar-refractivity contribution in [2.75, 3.05) is 0 Å². The summed E-state index contributed by atoms with van der Waals surface area (Å²) >= 11 is 6.57. The first-order valence-corrected chi connectivity index (χ1v) is 7.22. The van der Waals surface area contributed by atoms with Gasteiger partial charge >= 0.3 is 0 Å². The molecular formula is C14H7Br2NO3. The molecule has 6 heteroatoms. The molecule has 0 atom stereocenters. The van der Waals surface area contributed by atoms with Gasteiger partial charge in [-0.3, -0.25) is 4.79 Å². The summed E-state index contributed by atoms with van der Waals surface area (Å²) in [5.74, 6) is 0.369. The van der Waals surface area contributed by atoms with Crippen molar-refractivity contribution in [2.24, 2.45) is 0 Å². The fourth-order valence-electron chi connectivity index (χ4n) is 1.83. The van der Waals surface area contributed by atoms with Gasteiger partial charge in [-0.15, -0.1) is 0 Å². The average Bonchev–Trinajstić information content (AvgIpc) is 2.43. The summed E-state index contributed by atoms with van der Waals surface area (Å²) in [5.41, 5.74) is 0.791.